The van der Waals surface area contributed by atoms with Gasteiger partial charge in [-0.05, 0) is 55.7 Å². The minimum Gasteiger partial charge on any atom is -0.342 e. The molecular weight excluding hydrogens is 400 g/mol. The maximum atomic E-state index is 12.5. The third-order valence-corrected chi connectivity index (χ3v) is 5.69. The fourth-order valence-corrected chi connectivity index (χ4v) is 3.74. The van der Waals surface area contributed by atoms with E-state index >= 15 is 0 Å². The molecule has 1 aliphatic rings. The Morgan fingerprint density at radius 3 is 2.75 bits per heavy atom. The van der Waals surface area contributed by atoms with E-state index in [2.05, 4.69) is 20.8 Å². The zero-order valence-corrected chi connectivity index (χ0v) is 16.6. The number of rotatable bonds is 6. The first-order valence-corrected chi connectivity index (χ1v) is 9.97. The van der Waals surface area contributed by atoms with Crippen LogP contribution in [0.4, 0.5) is 5.00 Å². The van der Waals surface area contributed by atoms with Gasteiger partial charge in [-0.2, -0.15) is 4.98 Å². The average molecular weight is 417 g/mol. The van der Waals surface area contributed by atoms with Crippen molar-refractivity contribution in [2.75, 3.05) is 5.32 Å². The first kappa shape index (κ1) is 18.6. The summed E-state index contributed by atoms with van der Waals surface area (Å²) < 4.78 is 5.19. The van der Waals surface area contributed by atoms with Crippen LogP contribution in [-0.2, 0) is 11.3 Å². The number of nitrogens with one attached hydrogen (secondary N) is 2. The molecule has 0 atom stereocenters. The van der Waals surface area contributed by atoms with Gasteiger partial charge in [-0.1, -0.05) is 16.8 Å². The van der Waals surface area contributed by atoms with E-state index in [4.69, 9.17) is 16.1 Å². The summed E-state index contributed by atoms with van der Waals surface area (Å²) >= 11 is 7.13. The molecule has 0 unspecified atom stereocenters. The second-order valence-electron chi connectivity index (χ2n) is 6.59. The molecule has 7 nitrogen and oxygen atoms in total. The number of benzene rings is 1. The number of anilines is 1. The Labute approximate surface area is 170 Å². The SMILES string of the molecule is Cc1cc(NC(=O)C2CC2)sc1C(=O)NCc1nc(-c2ccc(Cl)cc2)no1. The van der Waals surface area contributed by atoms with E-state index in [0.29, 0.717) is 26.6 Å². The Morgan fingerprint density at radius 1 is 1.29 bits per heavy atom. The molecule has 2 N–H and O–H groups in total. The van der Waals surface area contributed by atoms with Gasteiger partial charge >= 0.3 is 0 Å². The number of carbonyl (C=O) groups is 2. The minimum atomic E-state index is -0.249. The number of nitrogens with zero attached hydrogens (tertiary/aromatic N) is 2. The maximum Gasteiger partial charge on any atom is 0.262 e. The van der Waals surface area contributed by atoms with Gasteiger partial charge in [0.15, 0.2) is 0 Å². The molecule has 0 saturated heterocycles. The van der Waals surface area contributed by atoms with Gasteiger partial charge in [0.2, 0.25) is 17.6 Å². The van der Waals surface area contributed by atoms with Crippen molar-refractivity contribution in [3.63, 3.8) is 0 Å². The molecule has 2 heterocycles. The summed E-state index contributed by atoms with van der Waals surface area (Å²) in [5.41, 5.74) is 1.58. The fraction of sp³-hybridized carbons (Fsp3) is 0.263. The lowest BCUT2D eigenvalue weighted by Crippen LogP contribution is -2.22. The van der Waals surface area contributed by atoms with Gasteiger partial charge < -0.3 is 15.2 Å². The Morgan fingerprint density at radius 2 is 2.04 bits per heavy atom. The van der Waals surface area contributed by atoms with Gasteiger partial charge in [-0.25, -0.2) is 0 Å². The van der Waals surface area contributed by atoms with Gasteiger partial charge in [0.05, 0.1) is 16.4 Å². The highest BCUT2D eigenvalue weighted by Gasteiger charge is 2.30. The standard InChI is InChI=1S/C19H17ClN4O3S/c1-10-8-15(23-18(25)12-2-3-12)28-16(10)19(26)21-9-14-22-17(24-27-14)11-4-6-13(20)7-5-11/h4-8,12H,2-3,9H2,1H3,(H,21,26)(H,23,25). The van der Waals surface area contributed by atoms with E-state index in [1.54, 1.807) is 24.3 Å². The molecule has 4 rings (SSSR count). The average Bonchev–Trinajstić information content (AvgIpc) is 3.32. The molecule has 1 saturated carbocycles. The van der Waals surface area contributed by atoms with Crippen LogP contribution in [0.2, 0.25) is 5.02 Å². The molecule has 0 radical (unpaired) electrons. The first-order chi connectivity index (χ1) is 13.5. The molecule has 1 fully saturated rings. The van der Waals surface area contributed by atoms with Crippen LogP contribution in [0.5, 0.6) is 0 Å². The molecule has 1 aliphatic carbocycles. The highest BCUT2D eigenvalue weighted by Crippen LogP contribution is 2.32. The molecule has 3 aromatic rings. The molecule has 2 aromatic heterocycles. The predicted octanol–water partition coefficient (Wildman–Crippen LogP) is 4.04. The molecule has 144 valence electrons. The van der Waals surface area contributed by atoms with Crippen molar-refractivity contribution in [1.29, 1.82) is 0 Å². The van der Waals surface area contributed by atoms with E-state index < -0.39 is 0 Å². The van der Waals surface area contributed by atoms with Crippen molar-refractivity contribution in [3.8, 4) is 11.4 Å². The minimum absolute atomic E-state index is 0.0220. The molecular formula is C19H17ClN4O3S. The quantitative estimate of drug-likeness (QED) is 0.632. The number of aryl methyl sites for hydroxylation is 1. The van der Waals surface area contributed by atoms with Crippen LogP contribution in [0.25, 0.3) is 11.4 Å². The predicted molar refractivity (Wildman–Crippen MR) is 106 cm³/mol. The molecule has 0 bridgehead atoms. The van der Waals surface area contributed by atoms with Crippen molar-refractivity contribution < 1.29 is 14.1 Å². The molecule has 9 heteroatoms. The monoisotopic (exact) mass is 416 g/mol. The molecule has 0 aliphatic heterocycles. The summed E-state index contributed by atoms with van der Waals surface area (Å²) in [5.74, 6) is 0.620. The topological polar surface area (TPSA) is 97.1 Å². The zero-order valence-electron chi connectivity index (χ0n) is 15.0. The third kappa shape index (κ3) is 4.23. The summed E-state index contributed by atoms with van der Waals surface area (Å²) in [6, 6.07) is 8.89. The van der Waals surface area contributed by atoms with Crippen LogP contribution in [0.1, 0.15) is 34.0 Å². The van der Waals surface area contributed by atoms with Crippen LogP contribution >= 0.6 is 22.9 Å². The lowest BCUT2D eigenvalue weighted by molar-refractivity contribution is -0.117. The van der Waals surface area contributed by atoms with Crippen molar-refractivity contribution in [2.24, 2.45) is 5.92 Å². The highest BCUT2D eigenvalue weighted by molar-refractivity contribution is 7.18. The summed E-state index contributed by atoms with van der Waals surface area (Å²) in [5, 5.41) is 10.9. The van der Waals surface area contributed by atoms with Gasteiger partial charge in [0, 0.05) is 16.5 Å². The number of hydrogen-bond donors (Lipinski definition) is 2. The molecule has 0 spiro atoms. The molecule has 1 aromatic carbocycles. The largest absolute Gasteiger partial charge is 0.342 e. The number of carbonyl (C=O) groups excluding carboxylic acids is 2. The summed E-state index contributed by atoms with van der Waals surface area (Å²) in [6.07, 6.45) is 1.87. The van der Waals surface area contributed by atoms with Crippen LogP contribution < -0.4 is 10.6 Å². The van der Waals surface area contributed by atoms with Gasteiger partial charge in [-0.3, -0.25) is 9.59 Å². The Balaban J connectivity index is 1.37. The summed E-state index contributed by atoms with van der Waals surface area (Å²) in [7, 11) is 0. The number of halogens is 1. The smallest absolute Gasteiger partial charge is 0.262 e. The second kappa shape index (κ2) is 7.73. The van der Waals surface area contributed by atoms with Crippen molar-refractivity contribution in [1.82, 2.24) is 15.5 Å². The van der Waals surface area contributed by atoms with Crippen LogP contribution in [0.15, 0.2) is 34.9 Å². The van der Waals surface area contributed by atoms with E-state index in [1.165, 1.54) is 11.3 Å². The van der Waals surface area contributed by atoms with Crippen molar-refractivity contribution in [2.45, 2.75) is 26.3 Å². The number of thiophene rings is 1. The van der Waals surface area contributed by atoms with Gasteiger partial charge in [-0.15, -0.1) is 11.3 Å². The fourth-order valence-electron chi connectivity index (χ4n) is 2.62. The van der Waals surface area contributed by atoms with Crippen LogP contribution in [0, 0.1) is 12.8 Å². The summed E-state index contributed by atoms with van der Waals surface area (Å²) in [4.78, 5) is 29.2. The second-order valence-corrected chi connectivity index (χ2v) is 8.08. The van der Waals surface area contributed by atoms with Crippen LogP contribution in [0.3, 0.4) is 0 Å². The lowest BCUT2D eigenvalue weighted by Gasteiger charge is -2.01. The Bertz CT molecular complexity index is 1020. The number of aromatic nitrogens is 2. The van der Waals surface area contributed by atoms with Crippen molar-refractivity contribution in [3.05, 3.63) is 51.7 Å². The number of amides is 2. The summed E-state index contributed by atoms with van der Waals surface area (Å²) in [6.45, 7) is 1.95. The maximum absolute atomic E-state index is 12.5. The highest BCUT2D eigenvalue weighted by atomic mass is 35.5. The van der Waals surface area contributed by atoms with E-state index in [1.807, 2.05) is 13.0 Å². The Kier molecular flexibility index (Phi) is 5.15. The van der Waals surface area contributed by atoms with Gasteiger partial charge in [0.1, 0.15) is 0 Å². The van der Waals surface area contributed by atoms with Crippen LogP contribution in [-0.4, -0.2) is 22.0 Å². The molecule has 2 amide bonds. The first-order valence-electron chi connectivity index (χ1n) is 8.77. The van der Waals surface area contributed by atoms with E-state index in [-0.39, 0.29) is 24.3 Å². The number of hydrogen-bond acceptors (Lipinski definition) is 6. The zero-order chi connectivity index (χ0) is 19.7. The molecule has 28 heavy (non-hydrogen) atoms. The lowest BCUT2D eigenvalue weighted by atomic mass is 10.2. The normalized spacial score (nSPS) is 13.4. The van der Waals surface area contributed by atoms with E-state index in [9.17, 15) is 9.59 Å². The van der Waals surface area contributed by atoms with E-state index in [0.717, 1.165) is 24.0 Å². The van der Waals surface area contributed by atoms with Crippen molar-refractivity contribution >= 4 is 39.8 Å². The Hall–Kier alpha value is -2.71. The third-order valence-electron chi connectivity index (χ3n) is 4.29. The van der Waals surface area contributed by atoms with Gasteiger partial charge in [0.25, 0.3) is 5.91 Å².